The van der Waals surface area contributed by atoms with E-state index in [2.05, 4.69) is 25.1 Å². The van der Waals surface area contributed by atoms with Gasteiger partial charge in [0.05, 0.1) is 6.10 Å². The number of rotatable bonds is 2. The van der Waals surface area contributed by atoms with Crippen LogP contribution in [0, 0.1) is 17.3 Å². The maximum Gasteiger partial charge on any atom is 0.328 e. The molecule has 3 nitrogen and oxygen atoms in total. The molecule has 4 rings (SSSR count). The van der Waals surface area contributed by atoms with E-state index in [0.29, 0.717) is 17.8 Å². The third-order valence-corrected chi connectivity index (χ3v) is 7.12. The maximum absolute atomic E-state index is 10.7. The monoisotopic (exact) mass is 326 g/mol. The van der Waals surface area contributed by atoms with Crippen LogP contribution in [0.4, 0.5) is 0 Å². The summed E-state index contributed by atoms with van der Waals surface area (Å²) < 4.78 is 0. The smallest absolute Gasteiger partial charge is 0.328 e. The van der Waals surface area contributed by atoms with Crippen LogP contribution in [-0.4, -0.2) is 22.3 Å². The van der Waals surface area contributed by atoms with Crippen molar-refractivity contribution in [1.29, 1.82) is 0 Å². The summed E-state index contributed by atoms with van der Waals surface area (Å²) >= 11 is 0. The van der Waals surface area contributed by atoms with Gasteiger partial charge in [0.25, 0.3) is 0 Å². The zero-order chi connectivity index (χ0) is 16.9. The predicted octanol–water partition coefficient (Wildman–Crippen LogP) is 4.00. The fourth-order valence-electron chi connectivity index (χ4n) is 5.85. The average molecular weight is 326 g/mol. The summed E-state index contributed by atoms with van der Waals surface area (Å²) in [5.41, 5.74) is 3.97. The van der Waals surface area contributed by atoms with E-state index in [9.17, 15) is 9.90 Å². The first-order valence-electron chi connectivity index (χ1n) is 9.21. The molecule has 3 heteroatoms. The van der Waals surface area contributed by atoms with E-state index in [-0.39, 0.29) is 11.5 Å². The van der Waals surface area contributed by atoms with Crippen molar-refractivity contribution in [3.8, 4) is 0 Å². The standard InChI is InChI=1S/C21H26O3/c1-21-11-10-16-15-5-2-13(3-9-20(23)24)12-14(15)4-6-17(16)18(21)7-8-19(21)22/h2-3,5,9,12,16-19,22H,4,6-8,10-11H2,1H3,(H,23,24)/b9-3+/t16-,17-,18+,19+,21+/m1/s1. The lowest BCUT2D eigenvalue weighted by atomic mass is 9.55. The van der Waals surface area contributed by atoms with Crippen molar-refractivity contribution in [2.24, 2.45) is 17.3 Å². The molecule has 0 aromatic heterocycles. The SMILES string of the molecule is C[C@]12CC[C@@H]3c4ccc(/C=C/C(=O)O)cc4CC[C@H]3[C@@H]1CC[C@@H]2O. The fraction of sp³-hybridized carbons (Fsp3) is 0.571. The Kier molecular flexibility index (Phi) is 3.80. The minimum atomic E-state index is -0.904. The summed E-state index contributed by atoms with van der Waals surface area (Å²) in [4.78, 5) is 10.7. The van der Waals surface area contributed by atoms with E-state index < -0.39 is 5.97 Å². The number of hydrogen-bond donors (Lipinski definition) is 2. The number of carboxylic acids is 1. The van der Waals surface area contributed by atoms with Gasteiger partial charge in [-0.05, 0) is 84.5 Å². The Hall–Kier alpha value is -1.61. The Bertz CT molecular complexity index is 692. The van der Waals surface area contributed by atoms with Crippen molar-refractivity contribution in [2.75, 3.05) is 0 Å². The molecule has 24 heavy (non-hydrogen) atoms. The molecule has 0 unspecified atom stereocenters. The van der Waals surface area contributed by atoms with Gasteiger partial charge in [0.2, 0.25) is 0 Å². The van der Waals surface area contributed by atoms with Gasteiger partial charge in [0.15, 0.2) is 0 Å². The molecule has 2 fully saturated rings. The van der Waals surface area contributed by atoms with Gasteiger partial charge in [0.1, 0.15) is 0 Å². The summed E-state index contributed by atoms with van der Waals surface area (Å²) in [6, 6.07) is 6.45. The van der Waals surface area contributed by atoms with Crippen molar-refractivity contribution >= 4 is 12.0 Å². The summed E-state index contributed by atoms with van der Waals surface area (Å²) in [5.74, 6) is 1.08. The highest BCUT2D eigenvalue weighted by Gasteiger charge is 2.54. The molecule has 2 N–H and O–H groups in total. The number of carbonyl (C=O) groups is 1. The molecule has 0 amide bonds. The van der Waals surface area contributed by atoms with Gasteiger partial charge in [-0.1, -0.05) is 25.1 Å². The van der Waals surface area contributed by atoms with E-state index in [1.807, 2.05) is 0 Å². The number of hydrogen-bond acceptors (Lipinski definition) is 2. The lowest BCUT2D eigenvalue weighted by molar-refractivity contribution is -0.131. The molecule has 3 aliphatic rings. The molecular weight excluding hydrogens is 300 g/mol. The van der Waals surface area contributed by atoms with Gasteiger partial charge >= 0.3 is 5.97 Å². The lowest BCUT2D eigenvalue weighted by Crippen LogP contribution is -2.43. The zero-order valence-electron chi connectivity index (χ0n) is 14.2. The van der Waals surface area contributed by atoms with Crippen molar-refractivity contribution in [3.05, 3.63) is 41.0 Å². The number of carboxylic acid groups (broad SMARTS) is 1. The third kappa shape index (κ3) is 2.41. The number of aliphatic hydroxyl groups excluding tert-OH is 1. The Morgan fingerprint density at radius 1 is 1.25 bits per heavy atom. The van der Waals surface area contributed by atoms with Crippen LogP contribution in [0.3, 0.4) is 0 Å². The van der Waals surface area contributed by atoms with Gasteiger partial charge in [0, 0.05) is 6.08 Å². The first kappa shape index (κ1) is 15.9. The van der Waals surface area contributed by atoms with Crippen molar-refractivity contribution in [2.45, 2.75) is 57.5 Å². The molecule has 0 saturated heterocycles. The highest BCUT2D eigenvalue weighted by molar-refractivity contribution is 5.85. The van der Waals surface area contributed by atoms with E-state index in [1.165, 1.54) is 36.5 Å². The van der Waals surface area contributed by atoms with Crippen LogP contribution < -0.4 is 0 Å². The van der Waals surface area contributed by atoms with Gasteiger partial charge in [-0.25, -0.2) is 4.79 Å². The van der Waals surface area contributed by atoms with Crippen molar-refractivity contribution in [1.82, 2.24) is 0 Å². The summed E-state index contributed by atoms with van der Waals surface area (Å²) in [7, 11) is 0. The number of aryl methyl sites for hydroxylation is 1. The number of aliphatic hydroxyl groups is 1. The Morgan fingerprint density at radius 2 is 2.08 bits per heavy atom. The second-order valence-corrected chi connectivity index (χ2v) is 8.18. The second kappa shape index (κ2) is 5.73. The summed E-state index contributed by atoms with van der Waals surface area (Å²) in [6.45, 7) is 2.31. The average Bonchev–Trinajstić information content (AvgIpc) is 2.88. The molecule has 2 saturated carbocycles. The Morgan fingerprint density at radius 3 is 2.88 bits per heavy atom. The molecular formula is C21H26O3. The van der Waals surface area contributed by atoms with Crippen LogP contribution in [0.2, 0.25) is 0 Å². The largest absolute Gasteiger partial charge is 0.478 e. The van der Waals surface area contributed by atoms with Gasteiger partial charge in [-0.3, -0.25) is 0 Å². The van der Waals surface area contributed by atoms with Crippen LogP contribution in [0.25, 0.3) is 6.08 Å². The normalized spacial score (nSPS) is 37.8. The molecule has 1 aromatic carbocycles. The zero-order valence-corrected chi connectivity index (χ0v) is 14.2. The number of fused-ring (bicyclic) bond motifs is 5. The van der Waals surface area contributed by atoms with Crippen molar-refractivity contribution < 1.29 is 15.0 Å². The molecule has 0 radical (unpaired) electrons. The van der Waals surface area contributed by atoms with Crippen LogP contribution in [0.1, 0.15) is 61.6 Å². The first-order chi connectivity index (χ1) is 11.5. The summed E-state index contributed by atoms with van der Waals surface area (Å²) in [5, 5.41) is 19.2. The quantitative estimate of drug-likeness (QED) is 0.808. The molecule has 128 valence electrons. The minimum absolute atomic E-state index is 0.117. The van der Waals surface area contributed by atoms with E-state index in [4.69, 9.17) is 5.11 Å². The molecule has 3 aliphatic carbocycles. The molecule has 0 heterocycles. The molecule has 0 bridgehead atoms. The molecule has 0 spiro atoms. The van der Waals surface area contributed by atoms with Crippen LogP contribution in [0.15, 0.2) is 24.3 Å². The van der Waals surface area contributed by atoms with Crippen LogP contribution in [0.5, 0.6) is 0 Å². The Labute approximate surface area is 143 Å². The highest BCUT2D eigenvalue weighted by Crippen LogP contribution is 2.60. The van der Waals surface area contributed by atoms with Gasteiger partial charge in [-0.15, -0.1) is 0 Å². The van der Waals surface area contributed by atoms with E-state index in [1.54, 1.807) is 6.08 Å². The lowest BCUT2D eigenvalue weighted by Gasteiger charge is -2.50. The molecule has 0 aliphatic heterocycles. The highest BCUT2D eigenvalue weighted by atomic mass is 16.4. The predicted molar refractivity (Wildman–Crippen MR) is 93.7 cm³/mol. The number of benzene rings is 1. The number of aliphatic carboxylic acids is 1. The van der Waals surface area contributed by atoms with Crippen LogP contribution >= 0.6 is 0 Å². The van der Waals surface area contributed by atoms with Crippen molar-refractivity contribution in [3.63, 3.8) is 0 Å². The minimum Gasteiger partial charge on any atom is -0.478 e. The maximum atomic E-state index is 10.7. The van der Waals surface area contributed by atoms with Gasteiger partial charge < -0.3 is 10.2 Å². The van der Waals surface area contributed by atoms with Crippen LogP contribution in [-0.2, 0) is 11.2 Å². The van der Waals surface area contributed by atoms with E-state index in [0.717, 1.165) is 24.8 Å². The molecule has 5 atom stereocenters. The topological polar surface area (TPSA) is 57.5 Å². The second-order valence-electron chi connectivity index (χ2n) is 8.18. The van der Waals surface area contributed by atoms with Gasteiger partial charge in [-0.2, -0.15) is 0 Å². The van der Waals surface area contributed by atoms with E-state index >= 15 is 0 Å². The fourth-order valence-corrected chi connectivity index (χ4v) is 5.85. The molecule has 1 aromatic rings. The summed E-state index contributed by atoms with van der Waals surface area (Å²) in [6.07, 6.45) is 9.49. The Balaban J connectivity index is 1.62. The first-order valence-corrected chi connectivity index (χ1v) is 9.21. The third-order valence-electron chi connectivity index (χ3n) is 7.12.